The first-order chi connectivity index (χ1) is 8.70. The number of benzene rings is 1. The number of hydrogen-bond acceptors (Lipinski definition) is 4. The first-order valence-electron chi connectivity index (χ1n) is 5.34. The molecule has 1 aromatic heterocycles. The number of carbonyl (C=O) groups is 1. The number of carboxylic acid groups (broad SMARTS) is 1. The van der Waals surface area contributed by atoms with Crippen molar-refractivity contribution in [3.05, 3.63) is 51.7 Å². The third-order valence-electron chi connectivity index (χ3n) is 2.39. The Bertz CT molecular complexity index is 547. The molecule has 1 aromatic carbocycles. The van der Waals surface area contributed by atoms with E-state index in [9.17, 15) is 4.79 Å². The van der Waals surface area contributed by atoms with Crippen molar-refractivity contribution in [1.29, 1.82) is 0 Å². The molecule has 4 nitrogen and oxygen atoms in total. The molecule has 0 unspecified atom stereocenters. The van der Waals surface area contributed by atoms with Crippen LogP contribution in [0.2, 0.25) is 0 Å². The molecule has 0 radical (unpaired) electrons. The predicted octanol–water partition coefficient (Wildman–Crippen LogP) is 2.52. The van der Waals surface area contributed by atoms with Gasteiger partial charge < -0.3 is 14.9 Å². The zero-order valence-electron chi connectivity index (χ0n) is 9.50. The summed E-state index contributed by atoms with van der Waals surface area (Å²) in [6.07, 6.45) is 0. The number of aliphatic hydroxyl groups is 1. The Hall–Kier alpha value is -1.85. The van der Waals surface area contributed by atoms with Gasteiger partial charge in [-0.25, -0.2) is 4.79 Å². The number of para-hydroxylation sites is 1. The van der Waals surface area contributed by atoms with E-state index in [1.807, 2.05) is 12.1 Å². The van der Waals surface area contributed by atoms with Crippen LogP contribution in [0.3, 0.4) is 0 Å². The van der Waals surface area contributed by atoms with Gasteiger partial charge in [0, 0.05) is 10.4 Å². The van der Waals surface area contributed by atoms with E-state index in [0.29, 0.717) is 22.8 Å². The minimum atomic E-state index is -0.929. The average Bonchev–Trinajstić information content (AvgIpc) is 2.85. The number of thiophene rings is 1. The number of ether oxygens (including phenoxy) is 1. The van der Waals surface area contributed by atoms with E-state index in [0.717, 1.165) is 4.88 Å². The molecule has 0 aliphatic heterocycles. The second-order valence-electron chi connectivity index (χ2n) is 3.63. The summed E-state index contributed by atoms with van der Waals surface area (Å²) < 4.78 is 5.56. The quantitative estimate of drug-likeness (QED) is 0.870. The lowest BCUT2D eigenvalue weighted by molar-refractivity contribution is 0.0702. The normalized spacial score (nSPS) is 10.3. The average molecular weight is 264 g/mol. The molecule has 2 rings (SSSR count). The number of carboxylic acids is 1. The van der Waals surface area contributed by atoms with Crippen LogP contribution < -0.4 is 4.74 Å². The summed E-state index contributed by atoms with van der Waals surface area (Å²) in [5.41, 5.74) is 0.715. The summed E-state index contributed by atoms with van der Waals surface area (Å²) in [6, 6.07) is 10.5. The minimum absolute atomic E-state index is 0.0824. The lowest BCUT2D eigenvalue weighted by Crippen LogP contribution is -1.96. The highest BCUT2D eigenvalue weighted by Crippen LogP contribution is 2.22. The molecule has 2 aromatic rings. The SMILES string of the molecule is O=C(O)c1ccc(COc2ccccc2CO)s1. The Balaban J connectivity index is 2.04. The first kappa shape index (κ1) is 12.6. The molecule has 2 N–H and O–H groups in total. The Morgan fingerprint density at radius 1 is 1.22 bits per heavy atom. The zero-order valence-corrected chi connectivity index (χ0v) is 10.3. The smallest absolute Gasteiger partial charge is 0.345 e. The van der Waals surface area contributed by atoms with Gasteiger partial charge in [0.15, 0.2) is 0 Å². The number of aromatic carboxylic acids is 1. The van der Waals surface area contributed by atoms with Crippen LogP contribution in [0.25, 0.3) is 0 Å². The maximum atomic E-state index is 10.7. The summed E-state index contributed by atoms with van der Waals surface area (Å²) >= 11 is 1.19. The lowest BCUT2D eigenvalue weighted by atomic mass is 10.2. The van der Waals surface area contributed by atoms with Crippen LogP contribution in [0.5, 0.6) is 5.75 Å². The molecule has 0 aliphatic carbocycles. The standard InChI is InChI=1S/C13H12O4S/c14-7-9-3-1-2-4-11(9)17-8-10-5-6-12(18-10)13(15)16/h1-6,14H,7-8H2,(H,15,16). The monoisotopic (exact) mass is 264 g/mol. The molecule has 0 amide bonds. The molecule has 0 bridgehead atoms. The molecule has 5 heteroatoms. The third kappa shape index (κ3) is 2.88. The van der Waals surface area contributed by atoms with Crippen LogP contribution in [0, 0.1) is 0 Å². The highest BCUT2D eigenvalue weighted by atomic mass is 32.1. The van der Waals surface area contributed by atoms with Crippen LogP contribution in [0.1, 0.15) is 20.1 Å². The molecule has 0 spiro atoms. The Morgan fingerprint density at radius 3 is 2.67 bits per heavy atom. The van der Waals surface area contributed by atoms with Gasteiger partial charge in [-0.05, 0) is 18.2 Å². The van der Waals surface area contributed by atoms with Gasteiger partial charge in [-0.1, -0.05) is 18.2 Å². The van der Waals surface area contributed by atoms with Gasteiger partial charge in [-0.3, -0.25) is 0 Å². The minimum Gasteiger partial charge on any atom is -0.488 e. The Labute approximate surface area is 108 Å². The molecule has 0 saturated carbocycles. The largest absolute Gasteiger partial charge is 0.488 e. The van der Waals surface area contributed by atoms with Crippen LogP contribution in [0.4, 0.5) is 0 Å². The van der Waals surface area contributed by atoms with E-state index in [-0.39, 0.29) is 6.61 Å². The third-order valence-corrected chi connectivity index (χ3v) is 3.43. The van der Waals surface area contributed by atoms with Crippen molar-refractivity contribution in [2.45, 2.75) is 13.2 Å². The van der Waals surface area contributed by atoms with Gasteiger partial charge >= 0.3 is 5.97 Å². The highest BCUT2D eigenvalue weighted by molar-refractivity contribution is 7.13. The fourth-order valence-electron chi connectivity index (χ4n) is 1.49. The molecule has 94 valence electrons. The van der Waals surface area contributed by atoms with Gasteiger partial charge in [0.05, 0.1) is 6.61 Å². The van der Waals surface area contributed by atoms with Crippen LogP contribution >= 0.6 is 11.3 Å². The summed E-state index contributed by atoms with van der Waals surface area (Å²) in [5.74, 6) is -0.313. The maximum Gasteiger partial charge on any atom is 0.345 e. The van der Waals surface area contributed by atoms with Gasteiger partial charge in [0.1, 0.15) is 17.2 Å². The topological polar surface area (TPSA) is 66.8 Å². The molecule has 18 heavy (non-hydrogen) atoms. The fourth-order valence-corrected chi connectivity index (χ4v) is 2.25. The van der Waals surface area contributed by atoms with E-state index >= 15 is 0 Å². The summed E-state index contributed by atoms with van der Waals surface area (Å²) in [4.78, 5) is 11.9. The van der Waals surface area contributed by atoms with E-state index in [4.69, 9.17) is 14.9 Å². The second kappa shape index (κ2) is 5.66. The van der Waals surface area contributed by atoms with Crippen molar-refractivity contribution in [2.75, 3.05) is 0 Å². The molecule has 0 saturated heterocycles. The molecular formula is C13H12O4S. The van der Waals surface area contributed by atoms with Crippen LogP contribution in [0.15, 0.2) is 36.4 Å². The first-order valence-corrected chi connectivity index (χ1v) is 6.16. The molecule has 0 atom stereocenters. The van der Waals surface area contributed by atoms with Crippen molar-refractivity contribution in [1.82, 2.24) is 0 Å². The highest BCUT2D eigenvalue weighted by Gasteiger charge is 2.08. The maximum absolute atomic E-state index is 10.7. The van der Waals surface area contributed by atoms with Crippen molar-refractivity contribution < 1.29 is 19.7 Å². The molecule has 0 aliphatic rings. The number of aliphatic hydroxyl groups excluding tert-OH is 1. The second-order valence-corrected chi connectivity index (χ2v) is 4.79. The summed E-state index contributed by atoms with van der Waals surface area (Å²) in [6.45, 7) is 0.218. The zero-order chi connectivity index (χ0) is 13.0. The fraction of sp³-hybridized carbons (Fsp3) is 0.154. The van der Waals surface area contributed by atoms with Gasteiger partial charge in [-0.15, -0.1) is 11.3 Å². The molecule has 1 heterocycles. The summed E-state index contributed by atoms with van der Waals surface area (Å²) in [5, 5.41) is 17.9. The van der Waals surface area contributed by atoms with Gasteiger partial charge in [0.25, 0.3) is 0 Å². The van der Waals surface area contributed by atoms with Gasteiger partial charge in [0.2, 0.25) is 0 Å². The van der Waals surface area contributed by atoms with Crippen molar-refractivity contribution >= 4 is 17.3 Å². The predicted molar refractivity (Wildman–Crippen MR) is 68.0 cm³/mol. The van der Waals surface area contributed by atoms with E-state index in [2.05, 4.69) is 0 Å². The summed E-state index contributed by atoms with van der Waals surface area (Å²) in [7, 11) is 0. The van der Waals surface area contributed by atoms with Crippen molar-refractivity contribution in [2.24, 2.45) is 0 Å². The Kier molecular flexibility index (Phi) is 3.96. The van der Waals surface area contributed by atoms with Crippen molar-refractivity contribution in [3.8, 4) is 5.75 Å². The number of hydrogen-bond donors (Lipinski definition) is 2. The number of rotatable bonds is 5. The van der Waals surface area contributed by atoms with Crippen molar-refractivity contribution in [3.63, 3.8) is 0 Å². The van der Waals surface area contributed by atoms with Crippen LogP contribution in [-0.2, 0) is 13.2 Å². The lowest BCUT2D eigenvalue weighted by Gasteiger charge is -2.08. The van der Waals surface area contributed by atoms with Gasteiger partial charge in [-0.2, -0.15) is 0 Å². The molecule has 0 fully saturated rings. The van der Waals surface area contributed by atoms with E-state index in [1.54, 1.807) is 24.3 Å². The Morgan fingerprint density at radius 2 is 2.00 bits per heavy atom. The van der Waals surface area contributed by atoms with Crippen LogP contribution in [-0.4, -0.2) is 16.2 Å². The molecular weight excluding hydrogens is 252 g/mol. The van der Waals surface area contributed by atoms with E-state index < -0.39 is 5.97 Å². The van der Waals surface area contributed by atoms with E-state index in [1.165, 1.54) is 11.3 Å².